The molecule has 136 valence electrons. The van der Waals surface area contributed by atoms with Crippen LogP contribution in [0, 0.1) is 0 Å². The van der Waals surface area contributed by atoms with Gasteiger partial charge in [-0.25, -0.2) is 8.42 Å². The summed E-state index contributed by atoms with van der Waals surface area (Å²) in [5, 5.41) is 10.1. The Morgan fingerprint density at radius 2 is 1.92 bits per heavy atom. The van der Waals surface area contributed by atoms with Crippen molar-refractivity contribution in [2.24, 2.45) is 0 Å². The summed E-state index contributed by atoms with van der Waals surface area (Å²) in [4.78, 5) is 1.92. The minimum Gasteiger partial charge on any atom is -0.491 e. The van der Waals surface area contributed by atoms with Gasteiger partial charge in [0.15, 0.2) is 9.84 Å². The van der Waals surface area contributed by atoms with Gasteiger partial charge < -0.3 is 9.84 Å². The topological polar surface area (TPSA) is 66.8 Å². The Labute approximate surface area is 145 Å². The molecule has 0 radical (unpaired) electrons. The van der Waals surface area contributed by atoms with Crippen molar-refractivity contribution in [3.63, 3.8) is 0 Å². The molecule has 2 rings (SSSR count). The third kappa shape index (κ3) is 5.46. The first kappa shape index (κ1) is 19.2. The maximum atomic E-state index is 11.5. The average molecular weight is 356 g/mol. The number of sulfone groups is 1. The summed E-state index contributed by atoms with van der Waals surface area (Å²) in [7, 11) is -1.05. The molecule has 1 fully saturated rings. The van der Waals surface area contributed by atoms with E-state index >= 15 is 0 Å². The van der Waals surface area contributed by atoms with Gasteiger partial charge in [0.25, 0.3) is 0 Å². The summed E-state index contributed by atoms with van der Waals surface area (Å²) >= 11 is 0. The Hall–Kier alpha value is -1.11. The maximum absolute atomic E-state index is 11.5. The van der Waals surface area contributed by atoms with Crippen LogP contribution in [0.1, 0.15) is 32.8 Å². The van der Waals surface area contributed by atoms with Crippen molar-refractivity contribution >= 4 is 9.84 Å². The van der Waals surface area contributed by atoms with Crippen LogP contribution in [0.3, 0.4) is 0 Å². The van der Waals surface area contributed by atoms with E-state index in [9.17, 15) is 13.5 Å². The molecule has 0 bridgehead atoms. The summed E-state index contributed by atoms with van der Waals surface area (Å²) in [5.74, 6) is 1.16. The first-order valence-electron chi connectivity index (χ1n) is 8.39. The molecule has 5 nitrogen and oxygen atoms in total. The normalized spacial score (nSPS) is 21.8. The number of aliphatic hydroxyl groups is 1. The van der Waals surface area contributed by atoms with Gasteiger partial charge in [0, 0.05) is 12.6 Å². The van der Waals surface area contributed by atoms with Crippen molar-refractivity contribution in [2.75, 3.05) is 31.7 Å². The van der Waals surface area contributed by atoms with Gasteiger partial charge in [0.2, 0.25) is 0 Å². The largest absolute Gasteiger partial charge is 0.491 e. The van der Waals surface area contributed by atoms with E-state index in [1.165, 1.54) is 5.56 Å². The molecule has 1 saturated heterocycles. The van der Waals surface area contributed by atoms with Crippen LogP contribution in [-0.4, -0.2) is 62.3 Å². The van der Waals surface area contributed by atoms with Gasteiger partial charge in [-0.1, -0.05) is 32.9 Å². The molecule has 0 amide bonds. The second kappa shape index (κ2) is 7.42. The van der Waals surface area contributed by atoms with E-state index in [0.717, 1.165) is 5.75 Å². The van der Waals surface area contributed by atoms with Crippen molar-refractivity contribution in [1.29, 1.82) is 0 Å². The number of rotatable bonds is 6. The molecule has 1 aromatic rings. The van der Waals surface area contributed by atoms with Crippen molar-refractivity contribution in [2.45, 2.75) is 44.8 Å². The van der Waals surface area contributed by atoms with Crippen LogP contribution in [-0.2, 0) is 15.3 Å². The quantitative estimate of drug-likeness (QED) is 0.843. The van der Waals surface area contributed by atoms with Crippen molar-refractivity contribution in [3.05, 3.63) is 29.8 Å². The first-order valence-corrected chi connectivity index (χ1v) is 10.2. The first-order chi connectivity index (χ1) is 11.1. The van der Waals surface area contributed by atoms with Gasteiger partial charge >= 0.3 is 0 Å². The maximum Gasteiger partial charge on any atom is 0.151 e. The Morgan fingerprint density at radius 3 is 2.42 bits per heavy atom. The summed E-state index contributed by atoms with van der Waals surface area (Å²) in [6.07, 6.45) is -0.0127. The average Bonchev–Trinajstić information content (AvgIpc) is 2.85. The second-order valence-electron chi connectivity index (χ2n) is 7.74. The highest BCUT2D eigenvalue weighted by Gasteiger charge is 2.31. The lowest BCUT2D eigenvalue weighted by molar-refractivity contribution is 0.0664. The molecule has 0 saturated carbocycles. The van der Waals surface area contributed by atoms with Crippen LogP contribution in [0.15, 0.2) is 24.3 Å². The van der Waals surface area contributed by atoms with Gasteiger partial charge in [0.1, 0.15) is 18.5 Å². The van der Waals surface area contributed by atoms with E-state index in [0.29, 0.717) is 13.0 Å². The summed E-state index contributed by atoms with van der Waals surface area (Å²) in [5.41, 5.74) is 1.33. The standard InChI is InChI=1S/C18H29NO4S/c1-18(2,3)14-5-7-17(8-6-14)23-12-16(20)11-19(4)15-9-10-24(21,22)13-15/h5-8,15-16,20H,9-13H2,1-4H3/t15-,16-/m0/s1. The Kier molecular flexibility index (Phi) is 5.94. The predicted octanol–water partition coefficient (Wildman–Crippen LogP) is 1.84. The second-order valence-corrected chi connectivity index (χ2v) is 9.96. The van der Waals surface area contributed by atoms with Crippen LogP contribution in [0.4, 0.5) is 0 Å². The van der Waals surface area contributed by atoms with Gasteiger partial charge in [-0.15, -0.1) is 0 Å². The molecule has 0 spiro atoms. The zero-order chi connectivity index (χ0) is 18.0. The molecule has 24 heavy (non-hydrogen) atoms. The van der Waals surface area contributed by atoms with Gasteiger partial charge in [-0.05, 0) is 36.6 Å². The molecule has 0 unspecified atom stereocenters. The number of benzene rings is 1. The molecule has 1 aliphatic heterocycles. The fourth-order valence-corrected chi connectivity index (χ4v) is 4.71. The number of nitrogens with zero attached hydrogens (tertiary/aromatic N) is 1. The monoisotopic (exact) mass is 355 g/mol. The van der Waals surface area contributed by atoms with Crippen LogP contribution in [0.2, 0.25) is 0 Å². The minimum absolute atomic E-state index is 0.00396. The lowest BCUT2D eigenvalue weighted by Crippen LogP contribution is -2.40. The lowest BCUT2D eigenvalue weighted by atomic mass is 9.87. The van der Waals surface area contributed by atoms with Gasteiger partial charge in [-0.2, -0.15) is 0 Å². The Balaban J connectivity index is 1.79. The fraction of sp³-hybridized carbons (Fsp3) is 0.667. The summed E-state index contributed by atoms with van der Waals surface area (Å²) in [6.45, 7) is 7.07. The van der Waals surface area contributed by atoms with Gasteiger partial charge in [0.05, 0.1) is 11.5 Å². The van der Waals surface area contributed by atoms with E-state index in [2.05, 4.69) is 20.8 Å². The zero-order valence-electron chi connectivity index (χ0n) is 15.0. The molecular formula is C18H29NO4S. The predicted molar refractivity (Wildman–Crippen MR) is 96.3 cm³/mol. The van der Waals surface area contributed by atoms with Crippen molar-refractivity contribution in [1.82, 2.24) is 4.90 Å². The van der Waals surface area contributed by atoms with Crippen LogP contribution in [0.5, 0.6) is 5.75 Å². The molecule has 1 heterocycles. The van der Waals surface area contributed by atoms with Crippen LogP contribution < -0.4 is 4.74 Å². The van der Waals surface area contributed by atoms with Crippen molar-refractivity contribution in [3.8, 4) is 5.75 Å². The zero-order valence-corrected chi connectivity index (χ0v) is 15.8. The summed E-state index contributed by atoms with van der Waals surface area (Å²) in [6, 6.07) is 7.91. The minimum atomic E-state index is -2.90. The Bertz CT molecular complexity index is 634. The number of aliphatic hydroxyl groups excluding tert-OH is 1. The number of hydrogen-bond acceptors (Lipinski definition) is 5. The van der Waals surface area contributed by atoms with E-state index in [4.69, 9.17) is 4.74 Å². The van der Waals surface area contributed by atoms with Crippen LogP contribution in [0.25, 0.3) is 0 Å². The molecular weight excluding hydrogens is 326 g/mol. The molecule has 1 aromatic carbocycles. The van der Waals surface area contributed by atoms with Crippen molar-refractivity contribution < 1.29 is 18.3 Å². The molecule has 1 N–H and O–H groups in total. The Morgan fingerprint density at radius 1 is 1.29 bits per heavy atom. The number of ether oxygens (including phenoxy) is 1. The number of hydrogen-bond donors (Lipinski definition) is 1. The van der Waals surface area contributed by atoms with E-state index < -0.39 is 15.9 Å². The summed E-state index contributed by atoms with van der Waals surface area (Å²) < 4.78 is 28.7. The molecule has 2 atom stereocenters. The molecule has 0 aromatic heterocycles. The van der Waals surface area contributed by atoms with Gasteiger partial charge in [-0.3, -0.25) is 4.90 Å². The smallest absolute Gasteiger partial charge is 0.151 e. The molecule has 0 aliphatic carbocycles. The highest BCUT2D eigenvalue weighted by atomic mass is 32.2. The SMILES string of the molecule is CN(C[C@H](O)COc1ccc(C(C)(C)C)cc1)[C@H]1CCS(=O)(=O)C1. The van der Waals surface area contributed by atoms with Crippen LogP contribution >= 0.6 is 0 Å². The molecule has 1 aliphatic rings. The fourth-order valence-electron chi connectivity index (χ4n) is 2.90. The highest BCUT2D eigenvalue weighted by molar-refractivity contribution is 7.91. The number of likely N-dealkylation sites (N-methyl/N-ethyl adjacent to an activating group) is 1. The third-order valence-electron chi connectivity index (χ3n) is 4.49. The van der Waals surface area contributed by atoms with E-state index in [1.54, 1.807) is 0 Å². The third-order valence-corrected chi connectivity index (χ3v) is 6.24. The lowest BCUT2D eigenvalue weighted by Gasteiger charge is -2.25. The molecule has 6 heteroatoms. The highest BCUT2D eigenvalue weighted by Crippen LogP contribution is 2.24. The van der Waals surface area contributed by atoms with E-state index in [1.807, 2.05) is 36.2 Å². The van der Waals surface area contributed by atoms with E-state index in [-0.39, 0.29) is 29.6 Å².